The van der Waals surface area contributed by atoms with E-state index >= 15 is 0 Å². The van der Waals surface area contributed by atoms with Gasteiger partial charge in [0.15, 0.2) is 0 Å². The van der Waals surface area contributed by atoms with Gasteiger partial charge in [-0.2, -0.15) is 0 Å². The molecule has 0 saturated carbocycles. The summed E-state index contributed by atoms with van der Waals surface area (Å²) in [7, 11) is 0. The first kappa shape index (κ1) is 15.4. The van der Waals surface area contributed by atoms with Gasteiger partial charge in [0.1, 0.15) is 11.6 Å². The van der Waals surface area contributed by atoms with Gasteiger partial charge in [-0.1, -0.05) is 18.2 Å². The number of nitrogens with zero attached hydrogens (tertiary/aromatic N) is 2. The fourth-order valence-electron chi connectivity index (χ4n) is 2.42. The van der Waals surface area contributed by atoms with E-state index in [9.17, 15) is 9.18 Å². The van der Waals surface area contributed by atoms with Crippen molar-refractivity contribution in [2.45, 2.75) is 6.54 Å². The Labute approximate surface area is 134 Å². The average molecular weight is 315 g/mol. The number of rotatable bonds is 4. The van der Waals surface area contributed by atoms with Crippen LogP contribution >= 0.6 is 0 Å². The molecule has 1 N–H and O–H groups in total. The van der Waals surface area contributed by atoms with E-state index in [1.54, 1.807) is 18.3 Å². The number of carbonyl (C=O) groups excluding carboxylic acids is 1. The van der Waals surface area contributed by atoms with Crippen molar-refractivity contribution in [3.63, 3.8) is 0 Å². The summed E-state index contributed by atoms with van der Waals surface area (Å²) >= 11 is 0. The van der Waals surface area contributed by atoms with E-state index in [1.165, 1.54) is 12.1 Å². The van der Waals surface area contributed by atoms with Gasteiger partial charge in [0.25, 0.3) is 5.91 Å². The van der Waals surface area contributed by atoms with Crippen LogP contribution in [0, 0.1) is 5.82 Å². The minimum absolute atomic E-state index is 0.0467. The van der Waals surface area contributed by atoms with Crippen LogP contribution in [-0.2, 0) is 11.3 Å². The molecule has 0 aliphatic carbocycles. The maximum absolute atomic E-state index is 13.5. The lowest BCUT2D eigenvalue weighted by Gasteiger charge is -2.27. The predicted octanol–water partition coefficient (Wildman–Crippen LogP) is 1.99. The molecule has 120 valence electrons. The number of morpholine rings is 1. The number of nitrogens with one attached hydrogen (secondary N) is 1. The molecule has 1 aromatic carbocycles. The Morgan fingerprint density at radius 3 is 2.70 bits per heavy atom. The Bertz CT molecular complexity index is 670. The molecule has 1 aliphatic rings. The molecule has 1 aliphatic heterocycles. The number of ether oxygens (including phenoxy) is 1. The highest BCUT2D eigenvalue weighted by molar-refractivity contribution is 5.94. The normalized spacial score (nSPS) is 14.6. The summed E-state index contributed by atoms with van der Waals surface area (Å²) in [5, 5.41) is 2.70. The fraction of sp³-hybridized carbons (Fsp3) is 0.294. The fourth-order valence-corrected chi connectivity index (χ4v) is 2.42. The molecule has 1 aromatic heterocycles. The van der Waals surface area contributed by atoms with Crippen molar-refractivity contribution in [1.29, 1.82) is 0 Å². The number of pyridine rings is 1. The van der Waals surface area contributed by atoms with E-state index < -0.39 is 11.7 Å². The molecule has 1 fully saturated rings. The molecule has 0 atom stereocenters. The summed E-state index contributed by atoms with van der Waals surface area (Å²) in [6, 6.07) is 9.77. The van der Waals surface area contributed by atoms with Gasteiger partial charge < -0.3 is 15.0 Å². The van der Waals surface area contributed by atoms with Gasteiger partial charge >= 0.3 is 0 Å². The lowest BCUT2D eigenvalue weighted by molar-refractivity contribution is 0.0947. The Kier molecular flexibility index (Phi) is 4.83. The topological polar surface area (TPSA) is 54.5 Å². The van der Waals surface area contributed by atoms with Gasteiger partial charge in [-0.05, 0) is 23.8 Å². The zero-order chi connectivity index (χ0) is 16.1. The SMILES string of the molecule is O=C(NCc1ccc(N2CCOCC2)nc1)c1ccccc1F. The van der Waals surface area contributed by atoms with Crippen LogP contribution < -0.4 is 10.2 Å². The van der Waals surface area contributed by atoms with Gasteiger partial charge in [-0.15, -0.1) is 0 Å². The van der Waals surface area contributed by atoms with E-state index in [0.717, 1.165) is 24.5 Å². The van der Waals surface area contributed by atoms with Crippen LogP contribution in [0.2, 0.25) is 0 Å². The number of anilines is 1. The van der Waals surface area contributed by atoms with Crippen molar-refractivity contribution < 1.29 is 13.9 Å². The first-order chi connectivity index (χ1) is 11.2. The second-order valence-corrected chi connectivity index (χ2v) is 5.29. The van der Waals surface area contributed by atoms with Gasteiger partial charge in [0.2, 0.25) is 0 Å². The molecule has 5 nitrogen and oxygen atoms in total. The lowest BCUT2D eigenvalue weighted by Crippen LogP contribution is -2.36. The van der Waals surface area contributed by atoms with Crippen molar-refractivity contribution in [1.82, 2.24) is 10.3 Å². The molecule has 0 spiro atoms. The summed E-state index contributed by atoms with van der Waals surface area (Å²) in [6.45, 7) is 3.39. The Morgan fingerprint density at radius 2 is 2.00 bits per heavy atom. The highest BCUT2D eigenvalue weighted by atomic mass is 19.1. The maximum Gasteiger partial charge on any atom is 0.254 e. The second-order valence-electron chi connectivity index (χ2n) is 5.29. The molecule has 1 amide bonds. The van der Waals surface area contributed by atoms with Crippen LogP contribution in [0.15, 0.2) is 42.6 Å². The number of amides is 1. The minimum atomic E-state index is -0.522. The highest BCUT2D eigenvalue weighted by Gasteiger charge is 2.13. The summed E-state index contributed by atoms with van der Waals surface area (Å²) in [4.78, 5) is 18.5. The summed E-state index contributed by atoms with van der Waals surface area (Å²) in [6.07, 6.45) is 1.73. The number of hydrogen-bond acceptors (Lipinski definition) is 4. The third-order valence-corrected chi connectivity index (χ3v) is 3.72. The van der Waals surface area contributed by atoms with Crippen molar-refractivity contribution >= 4 is 11.7 Å². The second kappa shape index (κ2) is 7.19. The third kappa shape index (κ3) is 3.84. The van der Waals surface area contributed by atoms with Crippen molar-refractivity contribution in [3.8, 4) is 0 Å². The number of benzene rings is 1. The van der Waals surface area contributed by atoms with Crippen LogP contribution in [0.3, 0.4) is 0 Å². The van der Waals surface area contributed by atoms with Gasteiger partial charge in [-0.25, -0.2) is 9.37 Å². The monoisotopic (exact) mass is 315 g/mol. The molecule has 3 rings (SSSR count). The Balaban J connectivity index is 1.58. The van der Waals surface area contributed by atoms with E-state index in [2.05, 4.69) is 15.2 Å². The molecule has 23 heavy (non-hydrogen) atoms. The lowest BCUT2D eigenvalue weighted by atomic mass is 10.2. The average Bonchev–Trinajstić information content (AvgIpc) is 2.61. The first-order valence-corrected chi connectivity index (χ1v) is 7.54. The van der Waals surface area contributed by atoms with Crippen LogP contribution in [0.5, 0.6) is 0 Å². The number of carbonyl (C=O) groups is 1. The standard InChI is InChI=1S/C17H18FN3O2/c18-15-4-2-1-3-14(15)17(22)20-12-13-5-6-16(19-11-13)21-7-9-23-10-8-21/h1-6,11H,7-10,12H2,(H,20,22). The molecule has 1 saturated heterocycles. The molecular weight excluding hydrogens is 297 g/mol. The molecule has 0 radical (unpaired) electrons. The number of halogens is 1. The van der Waals surface area contributed by atoms with E-state index in [-0.39, 0.29) is 5.56 Å². The zero-order valence-electron chi connectivity index (χ0n) is 12.7. The van der Waals surface area contributed by atoms with Crippen molar-refractivity contribution in [2.75, 3.05) is 31.2 Å². The van der Waals surface area contributed by atoms with Crippen LogP contribution in [0.1, 0.15) is 15.9 Å². The Morgan fingerprint density at radius 1 is 1.22 bits per heavy atom. The van der Waals surface area contributed by atoms with E-state index in [1.807, 2.05) is 12.1 Å². The summed E-state index contributed by atoms with van der Waals surface area (Å²) < 4.78 is 18.8. The minimum Gasteiger partial charge on any atom is -0.378 e. The molecule has 2 aromatic rings. The number of aromatic nitrogens is 1. The van der Waals surface area contributed by atoms with Gasteiger partial charge in [0, 0.05) is 25.8 Å². The highest BCUT2D eigenvalue weighted by Crippen LogP contribution is 2.13. The van der Waals surface area contributed by atoms with E-state index in [0.29, 0.717) is 19.8 Å². The zero-order valence-corrected chi connectivity index (χ0v) is 12.7. The van der Waals surface area contributed by atoms with E-state index in [4.69, 9.17) is 4.74 Å². The molecule has 0 bridgehead atoms. The molecule has 0 unspecified atom stereocenters. The molecular formula is C17H18FN3O2. The Hall–Kier alpha value is -2.47. The largest absolute Gasteiger partial charge is 0.378 e. The smallest absolute Gasteiger partial charge is 0.254 e. The van der Waals surface area contributed by atoms with Crippen LogP contribution in [0.25, 0.3) is 0 Å². The number of hydrogen-bond donors (Lipinski definition) is 1. The molecule has 2 heterocycles. The molecule has 6 heteroatoms. The predicted molar refractivity (Wildman–Crippen MR) is 84.8 cm³/mol. The quantitative estimate of drug-likeness (QED) is 0.937. The van der Waals surface area contributed by atoms with Crippen LogP contribution in [0.4, 0.5) is 10.2 Å². The first-order valence-electron chi connectivity index (χ1n) is 7.54. The summed E-state index contributed by atoms with van der Waals surface area (Å²) in [5.74, 6) is -0.0522. The summed E-state index contributed by atoms with van der Waals surface area (Å²) in [5.41, 5.74) is 0.914. The third-order valence-electron chi connectivity index (χ3n) is 3.72. The van der Waals surface area contributed by atoms with Gasteiger partial charge in [0.05, 0.1) is 18.8 Å². The van der Waals surface area contributed by atoms with Crippen molar-refractivity contribution in [3.05, 3.63) is 59.5 Å². The van der Waals surface area contributed by atoms with Crippen molar-refractivity contribution in [2.24, 2.45) is 0 Å². The van der Waals surface area contributed by atoms with Gasteiger partial charge in [-0.3, -0.25) is 4.79 Å². The van der Waals surface area contributed by atoms with Crippen LogP contribution in [-0.4, -0.2) is 37.2 Å². The maximum atomic E-state index is 13.5.